The molecule has 3 nitrogen and oxygen atoms in total. The van der Waals surface area contributed by atoms with Crippen LogP contribution in [0.4, 0.5) is 0 Å². The predicted octanol–water partition coefficient (Wildman–Crippen LogP) is 3.39. The summed E-state index contributed by atoms with van der Waals surface area (Å²) < 4.78 is 5.59. The van der Waals surface area contributed by atoms with Crippen molar-refractivity contribution in [3.05, 3.63) is 29.8 Å². The minimum absolute atomic E-state index is 0.0543. The monoisotopic (exact) mass is 273 g/mol. The van der Waals surface area contributed by atoms with Crippen molar-refractivity contribution in [2.24, 2.45) is 11.8 Å². The minimum atomic E-state index is 0.0543. The Morgan fingerprint density at radius 1 is 1.20 bits per heavy atom. The SMILES string of the molecule is CC(C)Oc1ccc(C(=O)N[C@H]2C[C@H]3CC[C@@H]2C3)cc1. The van der Waals surface area contributed by atoms with E-state index in [9.17, 15) is 4.79 Å². The summed E-state index contributed by atoms with van der Waals surface area (Å²) in [6.07, 6.45) is 5.29. The molecule has 0 spiro atoms. The average molecular weight is 273 g/mol. The second-order valence-corrected chi connectivity index (χ2v) is 6.45. The smallest absolute Gasteiger partial charge is 0.251 e. The summed E-state index contributed by atoms with van der Waals surface area (Å²) >= 11 is 0. The fourth-order valence-electron chi connectivity index (χ4n) is 3.63. The van der Waals surface area contributed by atoms with Crippen LogP contribution in [-0.2, 0) is 0 Å². The molecule has 3 atom stereocenters. The van der Waals surface area contributed by atoms with Crippen molar-refractivity contribution in [1.82, 2.24) is 5.32 Å². The number of carbonyl (C=O) groups excluding carboxylic acids is 1. The lowest BCUT2D eigenvalue weighted by molar-refractivity contribution is 0.0923. The van der Waals surface area contributed by atoms with Gasteiger partial charge in [0.1, 0.15) is 5.75 Å². The molecular formula is C17H23NO2. The van der Waals surface area contributed by atoms with Gasteiger partial charge in [0.25, 0.3) is 5.91 Å². The molecule has 1 aromatic rings. The quantitative estimate of drug-likeness (QED) is 0.913. The molecule has 1 aromatic carbocycles. The average Bonchev–Trinajstić information content (AvgIpc) is 3.01. The molecule has 108 valence electrons. The van der Waals surface area contributed by atoms with E-state index in [1.54, 1.807) is 0 Å². The highest BCUT2D eigenvalue weighted by molar-refractivity contribution is 5.94. The van der Waals surface area contributed by atoms with E-state index in [1.165, 1.54) is 25.7 Å². The molecule has 2 saturated carbocycles. The van der Waals surface area contributed by atoms with Gasteiger partial charge >= 0.3 is 0 Å². The molecule has 20 heavy (non-hydrogen) atoms. The summed E-state index contributed by atoms with van der Waals surface area (Å²) in [5.41, 5.74) is 0.726. The number of ether oxygens (including phenoxy) is 1. The molecule has 1 N–H and O–H groups in total. The normalized spacial score (nSPS) is 27.9. The maximum atomic E-state index is 12.3. The zero-order chi connectivity index (χ0) is 14.1. The number of benzene rings is 1. The van der Waals surface area contributed by atoms with E-state index in [4.69, 9.17) is 4.74 Å². The molecule has 1 amide bonds. The predicted molar refractivity (Wildman–Crippen MR) is 78.9 cm³/mol. The fourth-order valence-corrected chi connectivity index (χ4v) is 3.63. The van der Waals surface area contributed by atoms with Gasteiger partial charge < -0.3 is 10.1 Å². The summed E-state index contributed by atoms with van der Waals surface area (Å²) in [4.78, 5) is 12.3. The van der Waals surface area contributed by atoms with E-state index in [2.05, 4.69) is 5.32 Å². The van der Waals surface area contributed by atoms with Crippen LogP contribution in [0.2, 0.25) is 0 Å². The zero-order valence-electron chi connectivity index (χ0n) is 12.3. The van der Waals surface area contributed by atoms with Gasteiger partial charge in [-0.3, -0.25) is 4.79 Å². The van der Waals surface area contributed by atoms with Crippen LogP contribution >= 0.6 is 0 Å². The van der Waals surface area contributed by atoms with E-state index in [-0.39, 0.29) is 12.0 Å². The fraction of sp³-hybridized carbons (Fsp3) is 0.588. The maximum Gasteiger partial charge on any atom is 0.251 e. The Labute approximate surface area is 120 Å². The largest absolute Gasteiger partial charge is 0.491 e. The number of rotatable bonds is 4. The number of nitrogens with one attached hydrogen (secondary N) is 1. The van der Waals surface area contributed by atoms with Gasteiger partial charge in [-0.15, -0.1) is 0 Å². The molecular weight excluding hydrogens is 250 g/mol. The third-order valence-electron chi connectivity index (χ3n) is 4.54. The molecule has 3 rings (SSSR count). The summed E-state index contributed by atoms with van der Waals surface area (Å²) in [6.45, 7) is 3.99. The topological polar surface area (TPSA) is 38.3 Å². The highest BCUT2D eigenvalue weighted by atomic mass is 16.5. The second kappa shape index (κ2) is 5.47. The Kier molecular flexibility index (Phi) is 3.68. The first-order chi connectivity index (χ1) is 9.61. The van der Waals surface area contributed by atoms with Crippen molar-refractivity contribution >= 4 is 5.91 Å². The molecule has 2 aliphatic carbocycles. The minimum Gasteiger partial charge on any atom is -0.491 e. The summed E-state index contributed by atoms with van der Waals surface area (Å²) in [7, 11) is 0. The van der Waals surface area contributed by atoms with E-state index in [1.807, 2.05) is 38.1 Å². The van der Waals surface area contributed by atoms with Crippen LogP contribution in [0.5, 0.6) is 5.75 Å². The van der Waals surface area contributed by atoms with Crippen LogP contribution in [0, 0.1) is 11.8 Å². The zero-order valence-corrected chi connectivity index (χ0v) is 12.3. The van der Waals surface area contributed by atoms with Crippen LogP contribution in [0.1, 0.15) is 49.9 Å². The van der Waals surface area contributed by atoms with Gasteiger partial charge in [-0.05, 0) is 69.2 Å². The highest BCUT2D eigenvalue weighted by Gasteiger charge is 2.40. The van der Waals surface area contributed by atoms with Crippen molar-refractivity contribution in [1.29, 1.82) is 0 Å². The van der Waals surface area contributed by atoms with Crippen LogP contribution in [-0.4, -0.2) is 18.1 Å². The highest BCUT2D eigenvalue weighted by Crippen LogP contribution is 2.44. The van der Waals surface area contributed by atoms with Crippen molar-refractivity contribution in [3.8, 4) is 5.75 Å². The summed E-state index contributed by atoms with van der Waals surface area (Å²) in [5.74, 6) is 2.44. The first-order valence-corrected chi connectivity index (χ1v) is 7.69. The van der Waals surface area contributed by atoms with Gasteiger partial charge in [0, 0.05) is 11.6 Å². The second-order valence-electron chi connectivity index (χ2n) is 6.45. The molecule has 0 aromatic heterocycles. The van der Waals surface area contributed by atoms with Crippen LogP contribution in [0.15, 0.2) is 24.3 Å². The van der Waals surface area contributed by atoms with Gasteiger partial charge in [0.2, 0.25) is 0 Å². The number of hydrogen-bond donors (Lipinski definition) is 1. The Morgan fingerprint density at radius 3 is 2.50 bits per heavy atom. The van der Waals surface area contributed by atoms with Crippen molar-refractivity contribution < 1.29 is 9.53 Å². The number of carbonyl (C=O) groups is 1. The first kappa shape index (κ1) is 13.5. The third-order valence-corrected chi connectivity index (χ3v) is 4.54. The molecule has 3 heteroatoms. The molecule has 0 unspecified atom stereocenters. The third kappa shape index (κ3) is 2.82. The van der Waals surface area contributed by atoms with E-state index in [0.29, 0.717) is 12.0 Å². The van der Waals surface area contributed by atoms with Gasteiger partial charge in [0.05, 0.1) is 6.10 Å². The first-order valence-electron chi connectivity index (χ1n) is 7.69. The van der Waals surface area contributed by atoms with Crippen LogP contribution in [0.25, 0.3) is 0 Å². The Morgan fingerprint density at radius 2 is 1.95 bits per heavy atom. The molecule has 0 heterocycles. The van der Waals surface area contributed by atoms with E-state index >= 15 is 0 Å². The number of amides is 1. The maximum absolute atomic E-state index is 12.3. The summed E-state index contributed by atoms with van der Waals surface area (Å²) in [5, 5.41) is 3.21. The van der Waals surface area contributed by atoms with Crippen molar-refractivity contribution in [2.45, 2.75) is 51.7 Å². The Balaban J connectivity index is 1.59. The lowest BCUT2D eigenvalue weighted by Crippen LogP contribution is -2.38. The molecule has 2 aliphatic rings. The standard InChI is InChI=1S/C17H23NO2/c1-11(2)20-15-7-5-13(6-8-15)17(19)18-16-10-12-3-4-14(16)9-12/h5-8,11-12,14,16H,3-4,9-10H2,1-2H3,(H,18,19)/t12-,14+,16-/m0/s1. The Bertz CT molecular complexity index is 480. The van der Waals surface area contributed by atoms with Gasteiger partial charge in [-0.25, -0.2) is 0 Å². The van der Waals surface area contributed by atoms with Crippen molar-refractivity contribution in [2.75, 3.05) is 0 Å². The number of fused-ring (bicyclic) bond motifs is 2. The van der Waals surface area contributed by atoms with Gasteiger partial charge in [0.15, 0.2) is 0 Å². The van der Waals surface area contributed by atoms with Gasteiger partial charge in [-0.2, -0.15) is 0 Å². The molecule has 0 saturated heterocycles. The van der Waals surface area contributed by atoms with Crippen molar-refractivity contribution in [3.63, 3.8) is 0 Å². The lowest BCUT2D eigenvalue weighted by Gasteiger charge is -2.22. The molecule has 0 radical (unpaired) electrons. The Hall–Kier alpha value is -1.51. The van der Waals surface area contributed by atoms with E-state index in [0.717, 1.165) is 17.2 Å². The van der Waals surface area contributed by atoms with E-state index < -0.39 is 0 Å². The van der Waals surface area contributed by atoms with Crippen LogP contribution in [0.3, 0.4) is 0 Å². The van der Waals surface area contributed by atoms with Crippen LogP contribution < -0.4 is 10.1 Å². The summed E-state index contributed by atoms with van der Waals surface area (Å²) in [6, 6.07) is 7.83. The number of hydrogen-bond acceptors (Lipinski definition) is 2. The van der Waals surface area contributed by atoms with Gasteiger partial charge in [-0.1, -0.05) is 6.42 Å². The molecule has 2 fully saturated rings. The lowest BCUT2D eigenvalue weighted by atomic mass is 9.95. The molecule has 2 bridgehead atoms. The molecule has 0 aliphatic heterocycles.